The molecule has 0 saturated carbocycles. The molecule has 0 bridgehead atoms. The van der Waals surface area contributed by atoms with Crippen molar-refractivity contribution in [3.63, 3.8) is 0 Å². The zero-order chi connectivity index (χ0) is 26.6. The topological polar surface area (TPSA) is 71.4 Å². The summed E-state index contributed by atoms with van der Waals surface area (Å²) in [6, 6.07) is 22.0. The number of hydrogen-bond donors (Lipinski definition) is 2. The highest BCUT2D eigenvalue weighted by molar-refractivity contribution is 7.80. The Morgan fingerprint density at radius 2 is 1.92 bits per heavy atom. The van der Waals surface area contributed by atoms with Gasteiger partial charge in [0.25, 0.3) is 0 Å². The van der Waals surface area contributed by atoms with Gasteiger partial charge in [0.2, 0.25) is 5.91 Å². The molecular weight excluding hydrogens is 541 g/mol. The molecule has 0 unspecified atom stereocenters. The number of carbonyl (C=O) groups is 1. The minimum atomic E-state index is -0.252. The number of benzene rings is 2. The molecule has 2 aromatic heterocycles. The van der Waals surface area contributed by atoms with Crippen molar-refractivity contribution in [2.45, 2.75) is 18.5 Å². The van der Waals surface area contributed by atoms with Crippen molar-refractivity contribution >= 4 is 52.1 Å². The third-order valence-corrected chi connectivity index (χ3v) is 7.30. The first-order chi connectivity index (χ1) is 18.5. The van der Waals surface area contributed by atoms with Gasteiger partial charge in [0, 0.05) is 36.1 Å². The summed E-state index contributed by atoms with van der Waals surface area (Å²) in [4.78, 5) is 19.6. The Morgan fingerprint density at radius 1 is 1.11 bits per heavy atom. The molecule has 5 rings (SSSR count). The van der Waals surface area contributed by atoms with E-state index >= 15 is 0 Å². The lowest BCUT2D eigenvalue weighted by Gasteiger charge is -2.29. The third kappa shape index (κ3) is 5.34. The molecule has 1 fully saturated rings. The van der Waals surface area contributed by atoms with Crippen LogP contribution in [0.2, 0.25) is 10.0 Å². The molecule has 0 spiro atoms. The molecule has 2 N–H and O–H groups in total. The maximum Gasteiger partial charge on any atom is 0.226 e. The van der Waals surface area contributed by atoms with Gasteiger partial charge >= 0.3 is 0 Å². The zero-order valence-corrected chi connectivity index (χ0v) is 22.8. The fourth-order valence-electron chi connectivity index (χ4n) is 4.68. The van der Waals surface area contributed by atoms with Crippen LogP contribution in [0.5, 0.6) is 5.75 Å². The van der Waals surface area contributed by atoms with Crippen LogP contribution in [0.3, 0.4) is 0 Å². The van der Waals surface area contributed by atoms with Crippen LogP contribution < -0.4 is 15.4 Å². The van der Waals surface area contributed by atoms with E-state index in [-0.39, 0.29) is 24.4 Å². The van der Waals surface area contributed by atoms with Crippen molar-refractivity contribution in [3.05, 3.63) is 107 Å². The van der Waals surface area contributed by atoms with Crippen LogP contribution in [0.25, 0.3) is 5.69 Å². The number of thiocarbonyl (C=S) groups is 1. The minimum absolute atomic E-state index is 0.145. The van der Waals surface area contributed by atoms with E-state index in [1.165, 1.54) is 0 Å². The number of aromatic nitrogens is 2. The number of halogens is 2. The number of ether oxygens (including phenoxy) is 1. The van der Waals surface area contributed by atoms with E-state index < -0.39 is 0 Å². The molecule has 194 valence electrons. The monoisotopic (exact) mass is 565 g/mol. The number of para-hydroxylation sites is 2. The largest absolute Gasteiger partial charge is 0.495 e. The van der Waals surface area contributed by atoms with Gasteiger partial charge in [-0.3, -0.25) is 9.78 Å². The van der Waals surface area contributed by atoms with Crippen molar-refractivity contribution in [1.29, 1.82) is 0 Å². The molecule has 1 amide bonds. The molecular formula is C28H25Cl2N5O2S. The van der Waals surface area contributed by atoms with Crippen LogP contribution in [-0.2, 0) is 4.79 Å². The molecule has 10 heteroatoms. The molecule has 2 aromatic carbocycles. The maximum atomic E-state index is 12.9. The van der Waals surface area contributed by atoms with E-state index in [1.807, 2.05) is 64.2 Å². The van der Waals surface area contributed by atoms with Gasteiger partial charge in [-0.15, -0.1) is 0 Å². The number of rotatable bonds is 8. The second-order valence-corrected chi connectivity index (χ2v) is 9.95. The summed E-state index contributed by atoms with van der Waals surface area (Å²) >= 11 is 18.5. The fourth-order valence-corrected chi connectivity index (χ4v) is 5.51. The van der Waals surface area contributed by atoms with E-state index in [0.717, 1.165) is 17.1 Å². The van der Waals surface area contributed by atoms with Crippen LogP contribution >= 0.6 is 35.4 Å². The molecule has 1 aliphatic rings. The minimum Gasteiger partial charge on any atom is -0.495 e. The Kier molecular flexibility index (Phi) is 7.83. The lowest BCUT2D eigenvalue weighted by atomic mass is 10.0. The van der Waals surface area contributed by atoms with Crippen LogP contribution in [-0.4, -0.2) is 39.1 Å². The molecule has 3 heterocycles. The van der Waals surface area contributed by atoms with Crippen LogP contribution in [0.15, 0.2) is 85.2 Å². The second-order valence-electron chi connectivity index (χ2n) is 8.72. The first kappa shape index (κ1) is 26.0. The van der Waals surface area contributed by atoms with E-state index in [9.17, 15) is 4.79 Å². The maximum absolute atomic E-state index is 12.9. The lowest BCUT2D eigenvalue weighted by Crippen LogP contribution is -2.33. The Morgan fingerprint density at radius 3 is 2.68 bits per heavy atom. The van der Waals surface area contributed by atoms with Crippen molar-refractivity contribution in [2.24, 2.45) is 0 Å². The molecule has 7 nitrogen and oxygen atoms in total. The fraction of sp³-hybridized carbons (Fsp3) is 0.179. The van der Waals surface area contributed by atoms with E-state index in [2.05, 4.69) is 15.6 Å². The van der Waals surface area contributed by atoms with Crippen molar-refractivity contribution in [1.82, 2.24) is 19.8 Å². The highest BCUT2D eigenvalue weighted by Crippen LogP contribution is 2.40. The summed E-state index contributed by atoms with van der Waals surface area (Å²) in [5, 5.41) is 8.01. The SMILES string of the molecule is COc1ccccc1NC(=O)CCN1C(=S)N[C@H](c2ccccn2)[C@@H]1c1cccn1-c1ccc(Cl)cc1Cl. The normalized spacial score (nSPS) is 16.8. The number of methoxy groups -OCH3 is 1. The Balaban J connectivity index is 1.45. The summed E-state index contributed by atoms with van der Waals surface area (Å²) in [5.41, 5.74) is 3.21. The average molecular weight is 567 g/mol. The smallest absolute Gasteiger partial charge is 0.226 e. The lowest BCUT2D eigenvalue weighted by molar-refractivity contribution is -0.116. The average Bonchev–Trinajstić information content (AvgIpc) is 3.52. The van der Waals surface area contributed by atoms with Gasteiger partial charge in [0.05, 0.1) is 41.3 Å². The molecule has 0 radical (unpaired) electrons. The number of anilines is 1. The standard InChI is InChI=1S/C28H25Cl2N5O2S/c1-37-24-10-3-2-7-20(24)32-25(36)13-16-35-27(26(33-28(35)38)21-8-4-5-14-31-21)23-9-6-15-34(23)22-12-11-18(29)17-19(22)30/h2-12,14-15,17,26-27H,13,16H2,1H3,(H,32,36)(H,33,38)/t26-,27+/m1/s1. The summed E-state index contributed by atoms with van der Waals surface area (Å²) in [7, 11) is 1.57. The number of nitrogens with one attached hydrogen (secondary N) is 2. The highest BCUT2D eigenvalue weighted by atomic mass is 35.5. The van der Waals surface area contributed by atoms with Gasteiger partial charge in [-0.2, -0.15) is 0 Å². The van der Waals surface area contributed by atoms with Gasteiger partial charge in [0.1, 0.15) is 5.75 Å². The van der Waals surface area contributed by atoms with Crippen molar-refractivity contribution in [3.8, 4) is 11.4 Å². The second kappa shape index (κ2) is 11.4. The number of nitrogens with zero attached hydrogens (tertiary/aromatic N) is 3. The third-order valence-electron chi connectivity index (χ3n) is 6.41. The van der Waals surface area contributed by atoms with Gasteiger partial charge in [-0.05, 0) is 66.8 Å². The number of amides is 1. The predicted molar refractivity (Wildman–Crippen MR) is 154 cm³/mol. The van der Waals surface area contributed by atoms with E-state index in [4.69, 9.17) is 40.2 Å². The highest BCUT2D eigenvalue weighted by Gasteiger charge is 2.41. The van der Waals surface area contributed by atoms with Crippen LogP contribution in [0, 0.1) is 0 Å². The van der Waals surface area contributed by atoms with Gasteiger partial charge < -0.3 is 24.8 Å². The summed E-state index contributed by atoms with van der Waals surface area (Å²) < 4.78 is 7.38. The van der Waals surface area contributed by atoms with Gasteiger partial charge in [0.15, 0.2) is 5.11 Å². The Hall–Kier alpha value is -3.59. The van der Waals surface area contributed by atoms with E-state index in [1.54, 1.807) is 37.6 Å². The summed E-state index contributed by atoms with van der Waals surface area (Å²) in [6.45, 7) is 0.389. The van der Waals surface area contributed by atoms with Crippen LogP contribution in [0.1, 0.15) is 29.9 Å². The summed E-state index contributed by atoms with van der Waals surface area (Å²) in [6.07, 6.45) is 3.93. The van der Waals surface area contributed by atoms with Crippen molar-refractivity contribution in [2.75, 3.05) is 19.0 Å². The molecule has 1 saturated heterocycles. The van der Waals surface area contributed by atoms with Crippen LogP contribution in [0.4, 0.5) is 5.69 Å². The summed E-state index contributed by atoms with van der Waals surface area (Å²) in [5.74, 6) is 0.457. The molecule has 4 aromatic rings. The molecule has 2 atom stereocenters. The zero-order valence-electron chi connectivity index (χ0n) is 20.5. The number of pyridine rings is 1. The first-order valence-electron chi connectivity index (χ1n) is 12.0. The number of hydrogen-bond acceptors (Lipinski definition) is 4. The number of carbonyl (C=O) groups excluding carboxylic acids is 1. The van der Waals surface area contributed by atoms with E-state index in [0.29, 0.717) is 33.1 Å². The quantitative estimate of drug-likeness (QED) is 0.248. The molecule has 38 heavy (non-hydrogen) atoms. The first-order valence-corrected chi connectivity index (χ1v) is 13.2. The van der Waals surface area contributed by atoms with Gasteiger partial charge in [-0.25, -0.2) is 0 Å². The molecule has 0 aliphatic carbocycles. The van der Waals surface area contributed by atoms with Crippen molar-refractivity contribution < 1.29 is 9.53 Å². The van der Waals surface area contributed by atoms with Gasteiger partial charge in [-0.1, -0.05) is 41.4 Å². The Bertz CT molecular complexity index is 1460. The Labute approximate surface area is 236 Å². The molecule has 1 aliphatic heterocycles. The predicted octanol–water partition coefficient (Wildman–Crippen LogP) is 6.19.